The minimum atomic E-state index is 0.160. The zero-order valence-corrected chi connectivity index (χ0v) is 10.0. The smallest absolute Gasteiger partial charge is 0.0621 e. The lowest BCUT2D eigenvalue weighted by Crippen LogP contribution is -2.28. The van der Waals surface area contributed by atoms with E-state index in [2.05, 4.69) is 9.88 Å². The van der Waals surface area contributed by atoms with Crippen LogP contribution in [-0.2, 0) is 6.42 Å². The van der Waals surface area contributed by atoms with Gasteiger partial charge in [-0.1, -0.05) is 11.6 Å². The summed E-state index contributed by atoms with van der Waals surface area (Å²) in [6.45, 7) is 1.00. The minimum Gasteiger partial charge on any atom is -0.327 e. The van der Waals surface area contributed by atoms with Crippen molar-refractivity contribution >= 4 is 11.6 Å². The van der Waals surface area contributed by atoms with Gasteiger partial charge in [0, 0.05) is 18.4 Å². The van der Waals surface area contributed by atoms with E-state index < -0.39 is 0 Å². The lowest BCUT2D eigenvalue weighted by atomic mass is 10.1. The van der Waals surface area contributed by atoms with Crippen LogP contribution in [0.25, 0.3) is 0 Å². The van der Waals surface area contributed by atoms with Gasteiger partial charge in [-0.05, 0) is 45.1 Å². The summed E-state index contributed by atoms with van der Waals surface area (Å²) in [6, 6.07) is 2.09. The van der Waals surface area contributed by atoms with E-state index in [1.807, 2.05) is 20.2 Å². The molecule has 2 N–H and O–H groups in total. The standard InChI is InChI=1S/C11H18ClN3/c1-15(2)6-4-10(13)7-9-3-5-14-8-11(9)12/h3,5,8,10H,4,6-7,13H2,1-2H3. The molecule has 1 aromatic rings. The van der Waals surface area contributed by atoms with E-state index in [0.29, 0.717) is 5.02 Å². The molecule has 15 heavy (non-hydrogen) atoms. The Hall–Kier alpha value is -0.640. The summed E-state index contributed by atoms with van der Waals surface area (Å²) in [7, 11) is 4.10. The molecule has 0 saturated carbocycles. The number of nitrogens with two attached hydrogens (primary N) is 1. The van der Waals surface area contributed by atoms with Crippen molar-refractivity contribution in [1.29, 1.82) is 0 Å². The number of aromatic nitrogens is 1. The summed E-state index contributed by atoms with van der Waals surface area (Å²) in [5.41, 5.74) is 7.10. The summed E-state index contributed by atoms with van der Waals surface area (Å²) in [6.07, 6.45) is 5.20. The van der Waals surface area contributed by atoms with Crippen LogP contribution in [0.4, 0.5) is 0 Å². The molecule has 1 heterocycles. The summed E-state index contributed by atoms with van der Waals surface area (Å²) in [5, 5.41) is 0.706. The fraction of sp³-hybridized carbons (Fsp3) is 0.545. The molecule has 1 unspecified atom stereocenters. The van der Waals surface area contributed by atoms with Gasteiger partial charge in [0.25, 0.3) is 0 Å². The highest BCUT2D eigenvalue weighted by molar-refractivity contribution is 6.31. The summed E-state index contributed by atoms with van der Waals surface area (Å²) >= 11 is 6.00. The average Bonchev–Trinajstić information content (AvgIpc) is 2.18. The predicted molar refractivity (Wildman–Crippen MR) is 64.1 cm³/mol. The van der Waals surface area contributed by atoms with Crippen molar-refractivity contribution in [2.75, 3.05) is 20.6 Å². The van der Waals surface area contributed by atoms with Crippen LogP contribution in [-0.4, -0.2) is 36.6 Å². The van der Waals surface area contributed by atoms with Gasteiger partial charge in [0.1, 0.15) is 0 Å². The molecule has 1 rings (SSSR count). The number of pyridine rings is 1. The van der Waals surface area contributed by atoms with Gasteiger partial charge in [-0.25, -0.2) is 0 Å². The van der Waals surface area contributed by atoms with Gasteiger partial charge < -0.3 is 10.6 Å². The molecule has 0 aromatic carbocycles. The number of hydrogen-bond donors (Lipinski definition) is 1. The van der Waals surface area contributed by atoms with Crippen LogP contribution in [0.3, 0.4) is 0 Å². The molecule has 0 bridgehead atoms. The summed E-state index contributed by atoms with van der Waals surface area (Å²) < 4.78 is 0. The van der Waals surface area contributed by atoms with Crippen molar-refractivity contribution in [3.63, 3.8) is 0 Å². The first kappa shape index (κ1) is 12.4. The third-order valence-electron chi connectivity index (χ3n) is 2.29. The number of rotatable bonds is 5. The monoisotopic (exact) mass is 227 g/mol. The molecular weight excluding hydrogens is 210 g/mol. The maximum absolute atomic E-state index is 6.02. The molecule has 0 amide bonds. The maximum atomic E-state index is 6.02. The molecule has 0 aliphatic rings. The Bertz CT molecular complexity index is 302. The van der Waals surface area contributed by atoms with Crippen molar-refractivity contribution in [1.82, 2.24) is 9.88 Å². The fourth-order valence-corrected chi connectivity index (χ4v) is 1.57. The first-order valence-electron chi connectivity index (χ1n) is 5.08. The van der Waals surface area contributed by atoms with Gasteiger partial charge in [0.2, 0.25) is 0 Å². The maximum Gasteiger partial charge on any atom is 0.0621 e. The van der Waals surface area contributed by atoms with E-state index in [1.54, 1.807) is 12.4 Å². The highest BCUT2D eigenvalue weighted by atomic mass is 35.5. The van der Waals surface area contributed by atoms with Crippen LogP contribution in [0.5, 0.6) is 0 Å². The molecule has 4 heteroatoms. The van der Waals surface area contributed by atoms with Gasteiger partial charge in [-0.2, -0.15) is 0 Å². The van der Waals surface area contributed by atoms with Crippen molar-refractivity contribution in [2.45, 2.75) is 18.9 Å². The van der Waals surface area contributed by atoms with Gasteiger partial charge in [0.15, 0.2) is 0 Å². The first-order valence-corrected chi connectivity index (χ1v) is 5.46. The van der Waals surface area contributed by atoms with E-state index in [1.165, 1.54) is 0 Å². The molecule has 1 atom stereocenters. The Morgan fingerprint density at radius 2 is 2.27 bits per heavy atom. The second kappa shape index (κ2) is 6.05. The normalized spacial score (nSPS) is 13.1. The molecule has 0 saturated heterocycles. The van der Waals surface area contributed by atoms with E-state index >= 15 is 0 Å². The van der Waals surface area contributed by atoms with Crippen LogP contribution in [0.1, 0.15) is 12.0 Å². The van der Waals surface area contributed by atoms with Crippen molar-refractivity contribution in [3.05, 3.63) is 29.0 Å². The van der Waals surface area contributed by atoms with Crippen LogP contribution >= 0.6 is 11.6 Å². The first-order chi connectivity index (χ1) is 7.09. The van der Waals surface area contributed by atoms with Crippen molar-refractivity contribution in [3.8, 4) is 0 Å². The Kier molecular flexibility index (Phi) is 5.02. The van der Waals surface area contributed by atoms with E-state index in [4.69, 9.17) is 17.3 Å². The van der Waals surface area contributed by atoms with Gasteiger partial charge in [-0.3, -0.25) is 4.98 Å². The largest absolute Gasteiger partial charge is 0.327 e. The highest BCUT2D eigenvalue weighted by Gasteiger charge is 2.07. The molecule has 1 aromatic heterocycles. The third-order valence-corrected chi connectivity index (χ3v) is 2.63. The molecule has 0 fully saturated rings. The van der Waals surface area contributed by atoms with Crippen LogP contribution < -0.4 is 5.73 Å². The SMILES string of the molecule is CN(C)CCC(N)Cc1ccncc1Cl. The van der Waals surface area contributed by atoms with Gasteiger partial charge in [0.05, 0.1) is 5.02 Å². The van der Waals surface area contributed by atoms with E-state index in [0.717, 1.165) is 24.9 Å². The quantitative estimate of drug-likeness (QED) is 0.830. The molecular formula is C11H18ClN3. The zero-order chi connectivity index (χ0) is 11.3. The van der Waals surface area contributed by atoms with Gasteiger partial charge in [-0.15, -0.1) is 0 Å². The van der Waals surface area contributed by atoms with Crippen molar-refractivity contribution < 1.29 is 0 Å². The Labute approximate surface area is 96.2 Å². The second-order valence-corrected chi connectivity index (χ2v) is 4.43. The van der Waals surface area contributed by atoms with E-state index in [-0.39, 0.29) is 6.04 Å². The lowest BCUT2D eigenvalue weighted by Gasteiger charge is -2.15. The predicted octanol–water partition coefficient (Wildman–Crippen LogP) is 1.56. The number of nitrogens with zero attached hydrogens (tertiary/aromatic N) is 2. The Morgan fingerprint density at radius 3 is 2.87 bits per heavy atom. The van der Waals surface area contributed by atoms with Crippen LogP contribution in [0.15, 0.2) is 18.5 Å². The molecule has 0 aliphatic carbocycles. The van der Waals surface area contributed by atoms with Gasteiger partial charge >= 0.3 is 0 Å². The highest BCUT2D eigenvalue weighted by Crippen LogP contribution is 2.15. The van der Waals surface area contributed by atoms with Crippen molar-refractivity contribution in [2.24, 2.45) is 5.73 Å². The third kappa shape index (κ3) is 4.60. The summed E-state index contributed by atoms with van der Waals surface area (Å²) in [4.78, 5) is 6.08. The Morgan fingerprint density at radius 1 is 1.53 bits per heavy atom. The lowest BCUT2D eigenvalue weighted by molar-refractivity contribution is 0.379. The molecule has 3 nitrogen and oxygen atoms in total. The molecule has 0 spiro atoms. The minimum absolute atomic E-state index is 0.160. The number of hydrogen-bond acceptors (Lipinski definition) is 3. The van der Waals surface area contributed by atoms with Crippen LogP contribution in [0.2, 0.25) is 5.02 Å². The van der Waals surface area contributed by atoms with Crippen LogP contribution in [0, 0.1) is 0 Å². The summed E-state index contributed by atoms with van der Waals surface area (Å²) in [5.74, 6) is 0. The fourth-order valence-electron chi connectivity index (χ4n) is 1.38. The zero-order valence-electron chi connectivity index (χ0n) is 9.28. The molecule has 0 aliphatic heterocycles. The average molecular weight is 228 g/mol. The Balaban J connectivity index is 2.44. The number of halogens is 1. The van der Waals surface area contributed by atoms with E-state index in [9.17, 15) is 0 Å². The molecule has 84 valence electrons. The molecule has 0 radical (unpaired) electrons. The topological polar surface area (TPSA) is 42.1 Å². The second-order valence-electron chi connectivity index (χ2n) is 4.02.